The number of ether oxygens (including phenoxy) is 1. The average Bonchev–Trinajstić information content (AvgIpc) is 3.10. The van der Waals surface area contributed by atoms with E-state index in [1.165, 1.54) is 0 Å². The van der Waals surface area contributed by atoms with Gasteiger partial charge in [-0.3, -0.25) is 4.79 Å². The van der Waals surface area contributed by atoms with Crippen molar-refractivity contribution in [3.63, 3.8) is 0 Å². The maximum Gasteiger partial charge on any atom is 0.323 e. The molecule has 1 unspecified atom stereocenters. The number of aliphatic hydroxyl groups excluding tert-OH is 1. The van der Waals surface area contributed by atoms with E-state index in [1.807, 2.05) is 7.05 Å². The number of nitrogens with one attached hydrogen (secondary N) is 1. The van der Waals surface area contributed by atoms with Gasteiger partial charge < -0.3 is 15.2 Å². The Hall–Kier alpha value is -1.12. The van der Waals surface area contributed by atoms with Crippen molar-refractivity contribution < 1.29 is 14.6 Å². The number of hydrogen-bond acceptors (Lipinski definition) is 5. The Morgan fingerprint density at radius 3 is 2.69 bits per heavy atom. The highest BCUT2D eigenvalue weighted by atomic mass is 16.5. The van der Waals surface area contributed by atoms with Gasteiger partial charge in [-0.2, -0.15) is 5.26 Å². The zero-order valence-electron chi connectivity index (χ0n) is 20.6. The molecule has 2 N–H and O–H groups in total. The third-order valence-electron chi connectivity index (χ3n) is 10.4. The van der Waals surface area contributed by atoms with Gasteiger partial charge >= 0.3 is 5.97 Å². The maximum absolute atomic E-state index is 13.3. The number of esters is 1. The van der Waals surface area contributed by atoms with Gasteiger partial charge in [0.05, 0.1) is 18.1 Å². The van der Waals surface area contributed by atoms with Crippen LogP contribution in [0.25, 0.3) is 0 Å². The van der Waals surface area contributed by atoms with E-state index in [9.17, 15) is 15.2 Å². The van der Waals surface area contributed by atoms with E-state index in [1.54, 1.807) is 0 Å². The van der Waals surface area contributed by atoms with Crippen molar-refractivity contribution in [2.24, 2.45) is 40.4 Å². The second-order valence-electron chi connectivity index (χ2n) is 11.9. The molecule has 4 rings (SSSR count). The number of aliphatic hydroxyl groups is 1. The maximum atomic E-state index is 13.3. The van der Waals surface area contributed by atoms with Gasteiger partial charge in [-0.15, -0.1) is 0 Å². The molecule has 5 heteroatoms. The first-order valence-corrected chi connectivity index (χ1v) is 13.2. The monoisotopic (exact) mass is 444 g/mol. The summed E-state index contributed by atoms with van der Waals surface area (Å²) in [5, 5.41) is 23.5. The van der Waals surface area contributed by atoms with Crippen LogP contribution in [0.2, 0.25) is 0 Å². The molecular formula is C27H44N2O3. The van der Waals surface area contributed by atoms with Gasteiger partial charge in [-0.05, 0) is 93.4 Å². The molecular weight excluding hydrogens is 400 g/mol. The second kappa shape index (κ2) is 9.26. The molecule has 4 saturated carbocycles. The molecule has 0 saturated heterocycles. The van der Waals surface area contributed by atoms with Crippen LogP contribution in [-0.2, 0) is 9.53 Å². The number of unbranched alkanes of at least 4 members (excludes halogenated alkanes) is 1. The molecule has 0 spiro atoms. The molecule has 0 aromatic rings. The van der Waals surface area contributed by atoms with Gasteiger partial charge in [0.1, 0.15) is 12.1 Å². The van der Waals surface area contributed by atoms with E-state index < -0.39 is 0 Å². The Labute approximate surface area is 194 Å². The molecule has 5 nitrogen and oxygen atoms in total. The fourth-order valence-corrected chi connectivity index (χ4v) is 8.67. The van der Waals surface area contributed by atoms with E-state index in [2.05, 4.69) is 32.2 Å². The zero-order valence-corrected chi connectivity index (χ0v) is 20.6. The Balaban J connectivity index is 1.65. The quantitative estimate of drug-likeness (QED) is 0.574. The van der Waals surface area contributed by atoms with Crippen LogP contribution in [0.15, 0.2) is 0 Å². The molecule has 0 bridgehead atoms. The van der Waals surface area contributed by atoms with E-state index in [0.717, 1.165) is 70.6 Å². The number of carbonyl (C=O) groups is 1. The summed E-state index contributed by atoms with van der Waals surface area (Å²) in [7, 11) is 1.85. The van der Waals surface area contributed by atoms with Crippen molar-refractivity contribution in [1.29, 1.82) is 5.26 Å². The number of likely N-dealkylation sites (N-methyl/N-ethyl adjacent to an activating group) is 1. The Bertz CT molecular complexity index is 735. The summed E-state index contributed by atoms with van der Waals surface area (Å²) in [5.41, 5.74) is 0.0501. The Kier molecular flexibility index (Phi) is 6.95. The third kappa shape index (κ3) is 3.90. The smallest absolute Gasteiger partial charge is 0.323 e. The lowest BCUT2D eigenvalue weighted by Crippen LogP contribution is -2.60. The molecule has 0 heterocycles. The number of nitriles is 1. The number of rotatable bonds is 6. The van der Waals surface area contributed by atoms with Crippen LogP contribution >= 0.6 is 0 Å². The molecule has 0 radical (unpaired) electrons. The third-order valence-corrected chi connectivity index (χ3v) is 10.4. The minimum absolute atomic E-state index is 0.0587. The Morgan fingerprint density at radius 1 is 1.22 bits per heavy atom. The predicted molar refractivity (Wildman–Crippen MR) is 124 cm³/mol. The van der Waals surface area contributed by atoms with Crippen molar-refractivity contribution in [2.45, 2.75) is 110 Å². The summed E-state index contributed by atoms with van der Waals surface area (Å²) >= 11 is 0. The van der Waals surface area contributed by atoms with Crippen LogP contribution in [0.4, 0.5) is 0 Å². The molecule has 4 aliphatic rings. The van der Waals surface area contributed by atoms with Crippen molar-refractivity contribution in [2.75, 3.05) is 7.05 Å². The van der Waals surface area contributed by atoms with Crippen molar-refractivity contribution >= 4 is 5.97 Å². The fourth-order valence-electron chi connectivity index (χ4n) is 8.67. The largest absolute Gasteiger partial charge is 0.461 e. The molecule has 0 amide bonds. The van der Waals surface area contributed by atoms with Crippen LogP contribution < -0.4 is 5.32 Å². The topological polar surface area (TPSA) is 82.3 Å². The van der Waals surface area contributed by atoms with Gasteiger partial charge in [0.2, 0.25) is 0 Å². The van der Waals surface area contributed by atoms with Gasteiger partial charge in [-0.1, -0.05) is 33.6 Å². The summed E-state index contributed by atoms with van der Waals surface area (Å²) in [6, 6.07) is 2.37. The summed E-state index contributed by atoms with van der Waals surface area (Å²) in [6.45, 7) is 6.88. The van der Waals surface area contributed by atoms with E-state index in [-0.39, 0.29) is 41.0 Å². The lowest BCUT2D eigenvalue weighted by molar-refractivity contribution is -0.199. The van der Waals surface area contributed by atoms with Gasteiger partial charge in [0.25, 0.3) is 0 Å². The molecule has 180 valence electrons. The number of nitrogens with zero attached hydrogens (tertiary/aromatic N) is 1. The van der Waals surface area contributed by atoms with Gasteiger partial charge in [0, 0.05) is 5.92 Å². The van der Waals surface area contributed by atoms with Crippen LogP contribution in [-0.4, -0.2) is 36.4 Å². The lowest BCUT2D eigenvalue weighted by Gasteiger charge is -2.62. The van der Waals surface area contributed by atoms with Crippen molar-refractivity contribution in [1.82, 2.24) is 5.32 Å². The molecule has 0 aliphatic heterocycles. The zero-order chi connectivity index (χ0) is 23.1. The minimum Gasteiger partial charge on any atom is -0.461 e. The normalized spacial score (nSPS) is 46.3. The standard InChI is InChI=1S/C27H44N2O3/c1-5-6-7-22(29-4)25(31)32-23-15-27(3)18(16-28)9-11-21(27)20-10-8-17-14-19(30)12-13-26(17,2)24(20)23/h17-24,29-30H,5-15H2,1-4H3/t17-,18+,19+,20-,21-,22?,23-,24+,26-,27+/m0/s1. The highest BCUT2D eigenvalue weighted by Gasteiger charge is 2.64. The highest BCUT2D eigenvalue weighted by Crippen LogP contribution is 2.67. The summed E-state index contributed by atoms with van der Waals surface area (Å²) in [4.78, 5) is 13.3. The first kappa shape index (κ1) is 24.0. The fraction of sp³-hybridized carbons (Fsp3) is 0.926. The molecule has 4 fully saturated rings. The number of hydrogen-bond donors (Lipinski definition) is 2. The van der Waals surface area contributed by atoms with Gasteiger partial charge in [-0.25, -0.2) is 0 Å². The van der Waals surface area contributed by atoms with E-state index in [4.69, 9.17) is 4.74 Å². The summed E-state index contributed by atoms with van der Waals surface area (Å²) in [5.74, 6) is 1.87. The first-order chi connectivity index (χ1) is 15.3. The van der Waals surface area contributed by atoms with Crippen LogP contribution in [0.5, 0.6) is 0 Å². The number of fused-ring (bicyclic) bond motifs is 5. The lowest BCUT2D eigenvalue weighted by atomic mass is 9.44. The van der Waals surface area contributed by atoms with E-state index >= 15 is 0 Å². The van der Waals surface area contributed by atoms with E-state index in [0.29, 0.717) is 23.7 Å². The Morgan fingerprint density at radius 2 is 2.00 bits per heavy atom. The predicted octanol–water partition coefficient (Wildman–Crippen LogP) is 4.83. The molecule has 0 aromatic heterocycles. The van der Waals surface area contributed by atoms with Crippen molar-refractivity contribution in [3.8, 4) is 6.07 Å². The highest BCUT2D eigenvalue weighted by molar-refractivity contribution is 5.76. The van der Waals surface area contributed by atoms with Gasteiger partial charge in [0.15, 0.2) is 0 Å². The summed E-state index contributed by atoms with van der Waals surface area (Å²) < 4.78 is 6.44. The average molecular weight is 445 g/mol. The van der Waals surface area contributed by atoms with Crippen LogP contribution in [0.1, 0.15) is 91.4 Å². The van der Waals surface area contributed by atoms with Crippen molar-refractivity contribution in [3.05, 3.63) is 0 Å². The summed E-state index contributed by atoms with van der Waals surface area (Å²) in [6.07, 6.45) is 10.6. The SMILES string of the molecule is CCCCC(NC)C(=O)O[C@H]1C[C@]2(C)[C@@H](C#N)CC[C@H]2[C@@H]2CC[C@H]3C[C@H](O)CC[C@]3(C)[C@H]21. The minimum atomic E-state index is -0.255. The van der Waals surface area contributed by atoms with Crippen LogP contribution in [0, 0.1) is 51.8 Å². The first-order valence-electron chi connectivity index (χ1n) is 13.2. The number of carbonyl (C=O) groups excluding carboxylic acids is 1. The van der Waals surface area contributed by atoms with Crippen LogP contribution in [0.3, 0.4) is 0 Å². The molecule has 4 aliphatic carbocycles. The molecule has 10 atom stereocenters. The molecule has 32 heavy (non-hydrogen) atoms. The second-order valence-corrected chi connectivity index (χ2v) is 11.9. The molecule has 0 aromatic carbocycles.